The summed E-state index contributed by atoms with van der Waals surface area (Å²) in [7, 11) is 0. The van der Waals surface area contributed by atoms with Crippen molar-refractivity contribution < 1.29 is 4.79 Å². The van der Waals surface area contributed by atoms with Crippen LogP contribution in [0.5, 0.6) is 0 Å². The minimum absolute atomic E-state index is 0.105. The predicted molar refractivity (Wildman–Crippen MR) is 90.3 cm³/mol. The molecule has 1 amide bonds. The molecule has 0 bridgehead atoms. The van der Waals surface area contributed by atoms with E-state index in [1.165, 1.54) is 0 Å². The molecule has 2 rings (SSSR count). The molecule has 1 atom stereocenters. The number of nitrogens with one attached hydrogen (secondary N) is 1. The molecule has 3 N–H and O–H groups in total. The van der Waals surface area contributed by atoms with Crippen molar-refractivity contribution in [3.63, 3.8) is 0 Å². The Bertz CT molecular complexity index is 541. The molecule has 0 saturated heterocycles. The lowest BCUT2D eigenvalue weighted by Gasteiger charge is -2.22. The number of carbonyl (C=O) groups excluding carboxylic acids is 1. The topological polar surface area (TPSA) is 55.1 Å². The second kappa shape index (κ2) is 7.76. The van der Waals surface area contributed by atoms with Crippen molar-refractivity contribution in [2.24, 2.45) is 11.7 Å². The lowest BCUT2D eigenvalue weighted by molar-refractivity contribution is -0.123. The van der Waals surface area contributed by atoms with Gasteiger partial charge in [-0.05, 0) is 23.5 Å². The van der Waals surface area contributed by atoms with E-state index in [0.717, 1.165) is 11.1 Å². The molecule has 0 spiro atoms. The quantitative estimate of drug-likeness (QED) is 0.859. The monoisotopic (exact) mass is 296 g/mol. The summed E-state index contributed by atoms with van der Waals surface area (Å²) in [5.74, 6) is 0.291. The van der Waals surface area contributed by atoms with Gasteiger partial charge in [0.05, 0.1) is 12.1 Å². The summed E-state index contributed by atoms with van der Waals surface area (Å²) in [6, 6.07) is 19.3. The van der Waals surface area contributed by atoms with Gasteiger partial charge in [-0.3, -0.25) is 4.79 Å². The van der Waals surface area contributed by atoms with Crippen molar-refractivity contribution in [3.8, 4) is 0 Å². The average molecular weight is 296 g/mol. The Hall–Kier alpha value is -2.13. The number of nitrogens with two attached hydrogens (primary N) is 1. The average Bonchev–Trinajstić information content (AvgIpc) is 2.53. The summed E-state index contributed by atoms with van der Waals surface area (Å²) in [5.41, 5.74) is 8.12. The molecular weight excluding hydrogens is 272 g/mol. The number of amides is 1. The minimum atomic E-state index is -0.477. The Kier molecular flexibility index (Phi) is 5.73. The van der Waals surface area contributed by atoms with Crippen LogP contribution in [0.3, 0.4) is 0 Å². The van der Waals surface area contributed by atoms with Gasteiger partial charge in [-0.1, -0.05) is 74.5 Å². The number of benzene rings is 2. The van der Waals surface area contributed by atoms with E-state index in [0.29, 0.717) is 12.3 Å². The van der Waals surface area contributed by atoms with Crippen LogP contribution in [0.1, 0.15) is 37.4 Å². The molecule has 0 aliphatic heterocycles. The van der Waals surface area contributed by atoms with Crippen LogP contribution in [0.4, 0.5) is 0 Å². The van der Waals surface area contributed by atoms with Gasteiger partial charge >= 0.3 is 0 Å². The second-order valence-corrected chi connectivity index (χ2v) is 6.00. The number of hydrogen-bond donors (Lipinski definition) is 2. The van der Waals surface area contributed by atoms with Crippen molar-refractivity contribution in [2.75, 3.05) is 0 Å². The SMILES string of the molecule is CC(C)CC(N)C(=O)NC(c1ccccc1)c1ccccc1. The molecule has 22 heavy (non-hydrogen) atoms. The first-order valence-electron chi connectivity index (χ1n) is 7.73. The highest BCUT2D eigenvalue weighted by Gasteiger charge is 2.21. The van der Waals surface area contributed by atoms with E-state index in [4.69, 9.17) is 5.73 Å². The van der Waals surface area contributed by atoms with Crippen LogP contribution in [0.15, 0.2) is 60.7 Å². The summed E-state index contributed by atoms with van der Waals surface area (Å²) in [5, 5.41) is 3.09. The predicted octanol–water partition coefficient (Wildman–Crippen LogP) is 3.27. The molecule has 1 unspecified atom stereocenters. The minimum Gasteiger partial charge on any atom is -0.344 e. The van der Waals surface area contributed by atoms with Crippen molar-refractivity contribution in [1.82, 2.24) is 5.32 Å². The molecule has 3 heteroatoms. The molecule has 116 valence electrons. The molecule has 2 aromatic carbocycles. The Morgan fingerprint density at radius 1 is 0.955 bits per heavy atom. The van der Waals surface area contributed by atoms with E-state index < -0.39 is 6.04 Å². The Balaban J connectivity index is 2.21. The maximum Gasteiger partial charge on any atom is 0.237 e. The van der Waals surface area contributed by atoms with Crippen LogP contribution >= 0.6 is 0 Å². The molecule has 0 heterocycles. The van der Waals surface area contributed by atoms with Gasteiger partial charge < -0.3 is 11.1 Å². The molecular formula is C19H24N2O. The lowest BCUT2D eigenvalue weighted by atomic mass is 9.97. The van der Waals surface area contributed by atoms with Gasteiger partial charge in [0.1, 0.15) is 0 Å². The van der Waals surface area contributed by atoms with Gasteiger partial charge in [0, 0.05) is 0 Å². The summed E-state index contributed by atoms with van der Waals surface area (Å²) in [4.78, 5) is 12.4. The standard InChI is InChI=1S/C19H24N2O/c1-14(2)13-17(20)19(22)21-18(15-9-5-3-6-10-15)16-11-7-4-8-12-16/h3-12,14,17-18H,13,20H2,1-2H3,(H,21,22). The smallest absolute Gasteiger partial charge is 0.237 e. The first-order chi connectivity index (χ1) is 10.6. The Morgan fingerprint density at radius 2 is 1.41 bits per heavy atom. The van der Waals surface area contributed by atoms with E-state index in [2.05, 4.69) is 19.2 Å². The molecule has 3 nitrogen and oxygen atoms in total. The van der Waals surface area contributed by atoms with Gasteiger partial charge in [0.25, 0.3) is 0 Å². The zero-order valence-electron chi connectivity index (χ0n) is 13.2. The summed E-state index contributed by atoms with van der Waals surface area (Å²) in [6.07, 6.45) is 0.683. The van der Waals surface area contributed by atoms with Crippen molar-refractivity contribution in [2.45, 2.75) is 32.4 Å². The summed E-state index contributed by atoms with van der Waals surface area (Å²) < 4.78 is 0. The highest BCUT2D eigenvalue weighted by Crippen LogP contribution is 2.22. The van der Waals surface area contributed by atoms with Gasteiger partial charge in [-0.15, -0.1) is 0 Å². The second-order valence-electron chi connectivity index (χ2n) is 6.00. The Labute approximate surface area is 132 Å². The van der Waals surface area contributed by atoms with Crippen molar-refractivity contribution in [1.29, 1.82) is 0 Å². The molecule has 0 saturated carbocycles. The number of rotatable bonds is 6. The highest BCUT2D eigenvalue weighted by molar-refractivity contribution is 5.82. The maximum absolute atomic E-state index is 12.4. The molecule has 0 fully saturated rings. The third-order valence-electron chi connectivity index (χ3n) is 3.61. The molecule has 0 aliphatic rings. The van der Waals surface area contributed by atoms with E-state index in [-0.39, 0.29) is 11.9 Å². The van der Waals surface area contributed by atoms with Crippen LogP contribution in [-0.4, -0.2) is 11.9 Å². The molecule has 2 aromatic rings. The van der Waals surface area contributed by atoms with Crippen LogP contribution in [0.25, 0.3) is 0 Å². The fourth-order valence-corrected chi connectivity index (χ4v) is 2.51. The normalized spacial score (nSPS) is 12.4. The molecule has 0 aliphatic carbocycles. The van der Waals surface area contributed by atoms with Crippen LogP contribution < -0.4 is 11.1 Å². The van der Waals surface area contributed by atoms with E-state index >= 15 is 0 Å². The van der Waals surface area contributed by atoms with E-state index in [1.807, 2.05) is 60.7 Å². The van der Waals surface area contributed by atoms with Crippen LogP contribution in [-0.2, 0) is 4.79 Å². The fourth-order valence-electron chi connectivity index (χ4n) is 2.51. The van der Waals surface area contributed by atoms with Gasteiger partial charge in [0.15, 0.2) is 0 Å². The summed E-state index contributed by atoms with van der Waals surface area (Å²) in [6.45, 7) is 4.14. The number of hydrogen-bond acceptors (Lipinski definition) is 2. The zero-order chi connectivity index (χ0) is 15.9. The van der Waals surface area contributed by atoms with E-state index in [1.54, 1.807) is 0 Å². The third kappa shape index (κ3) is 4.43. The van der Waals surface area contributed by atoms with E-state index in [9.17, 15) is 4.79 Å². The van der Waals surface area contributed by atoms with Gasteiger partial charge in [0.2, 0.25) is 5.91 Å². The van der Waals surface area contributed by atoms with Crippen molar-refractivity contribution in [3.05, 3.63) is 71.8 Å². The van der Waals surface area contributed by atoms with Gasteiger partial charge in [-0.2, -0.15) is 0 Å². The van der Waals surface area contributed by atoms with Crippen LogP contribution in [0.2, 0.25) is 0 Å². The van der Waals surface area contributed by atoms with Crippen LogP contribution in [0, 0.1) is 5.92 Å². The third-order valence-corrected chi connectivity index (χ3v) is 3.61. The lowest BCUT2D eigenvalue weighted by Crippen LogP contribution is -2.43. The van der Waals surface area contributed by atoms with Gasteiger partial charge in [-0.25, -0.2) is 0 Å². The maximum atomic E-state index is 12.4. The number of carbonyl (C=O) groups is 1. The largest absolute Gasteiger partial charge is 0.344 e. The fraction of sp³-hybridized carbons (Fsp3) is 0.316. The Morgan fingerprint density at radius 3 is 1.82 bits per heavy atom. The first-order valence-corrected chi connectivity index (χ1v) is 7.73. The molecule has 0 radical (unpaired) electrons. The van der Waals surface area contributed by atoms with Crippen molar-refractivity contribution >= 4 is 5.91 Å². The highest BCUT2D eigenvalue weighted by atomic mass is 16.2. The summed E-state index contributed by atoms with van der Waals surface area (Å²) >= 11 is 0. The zero-order valence-corrected chi connectivity index (χ0v) is 13.2. The molecule has 0 aromatic heterocycles. The first kappa shape index (κ1) is 16.2.